The second-order valence-electron chi connectivity index (χ2n) is 5.72. The number of hydrogen-bond acceptors (Lipinski definition) is 6. The molecule has 0 saturated carbocycles. The topological polar surface area (TPSA) is 81.4 Å². The average Bonchev–Trinajstić information content (AvgIpc) is 3.21. The molecule has 0 spiro atoms. The van der Waals surface area contributed by atoms with Crippen LogP contribution in [0.5, 0.6) is 0 Å². The molecule has 4 heterocycles. The molecule has 122 valence electrons. The zero-order chi connectivity index (χ0) is 15.8. The molecule has 0 aromatic carbocycles. The van der Waals surface area contributed by atoms with Gasteiger partial charge in [0, 0.05) is 31.3 Å². The summed E-state index contributed by atoms with van der Waals surface area (Å²) in [5.74, 6) is 0. The number of aliphatic hydroxyl groups excluding tert-OH is 1. The van der Waals surface area contributed by atoms with Crippen LogP contribution in [0.4, 0.5) is 0 Å². The van der Waals surface area contributed by atoms with Crippen LogP contribution >= 0.6 is 11.6 Å². The van der Waals surface area contributed by atoms with Crippen molar-refractivity contribution in [2.45, 2.75) is 37.1 Å². The van der Waals surface area contributed by atoms with Gasteiger partial charge in [-0.05, 0) is 17.7 Å². The number of aromatic nitrogens is 3. The van der Waals surface area contributed by atoms with Crippen LogP contribution in [0.3, 0.4) is 0 Å². The molecule has 2 fully saturated rings. The second kappa shape index (κ2) is 6.18. The second-order valence-corrected chi connectivity index (χ2v) is 6.12. The monoisotopic (exact) mass is 336 g/mol. The van der Waals surface area contributed by atoms with E-state index in [-0.39, 0.29) is 18.2 Å². The molecule has 2 N–H and O–H groups in total. The number of rotatable bonds is 4. The highest BCUT2D eigenvalue weighted by Crippen LogP contribution is 2.35. The molecular weight excluding hydrogens is 320 g/mol. The van der Waals surface area contributed by atoms with Crippen LogP contribution in [0.2, 0.25) is 5.02 Å². The third kappa shape index (κ3) is 2.75. The summed E-state index contributed by atoms with van der Waals surface area (Å²) < 4.78 is 13.2. The Labute approximate surface area is 138 Å². The lowest BCUT2D eigenvalue weighted by molar-refractivity contribution is -0.168. The predicted octanol–water partition coefficient (Wildman–Crippen LogP) is 0.747. The molecule has 0 amide bonds. The quantitative estimate of drug-likeness (QED) is 0.857. The van der Waals surface area contributed by atoms with E-state index in [2.05, 4.69) is 15.4 Å². The molecule has 5 unspecified atom stereocenters. The molecule has 2 saturated heterocycles. The van der Waals surface area contributed by atoms with Gasteiger partial charge in [-0.1, -0.05) is 11.6 Å². The zero-order valence-electron chi connectivity index (χ0n) is 12.2. The van der Waals surface area contributed by atoms with Crippen molar-refractivity contribution in [1.29, 1.82) is 0 Å². The van der Waals surface area contributed by atoms with Crippen molar-refractivity contribution in [1.82, 2.24) is 20.1 Å². The summed E-state index contributed by atoms with van der Waals surface area (Å²) in [4.78, 5) is 3.97. The van der Waals surface area contributed by atoms with Gasteiger partial charge in [-0.2, -0.15) is 5.10 Å². The van der Waals surface area contributed by atoms with Crippen molar-refractivity contribution in [2.24, 2.45) is 0 Å². The van der Waals surface area contributed by atoms with E-state index >= 15 is 0 Å². The number of pyridine rings is 1. The number of nitrogens with one attached hydrogen (secondary N) is 1. The lowest BCUT2D eigenvalue weighted by Crippen LogP contribution is -2.57. The number of fused-ring (bicyclic) bond motifs is 2. The Balaban J connectivity index is 1.52. The maximum atomic E-state index is 10.8. The third-order valence-electron chi connectivity index (χ3n) is 4.35. The molecule has 2 bridgehead atoms. The zero-order valence-corrected chi connectivity index (χ0v) is 13.0. The predicted molar refractivity (Wildman–Crippen MR) is 81.8 cm³/mol. The number of nitrogens with zero attached hydrogens (tertiary/aromatic N) is 3. The Morgan fingerprint density at radius 1 is 1.43 bits per heavy atom. The minimum atomic E-state index is -0.679. The number of halogens is 1. The largest absolute Gasteiger partial charge is 0.389 e. The molecule has 4 rings (SSSR count). The molecule has 2 aromatic rings. The van der Waals surface area contributed by atoms with Crippen LogP contribution in [-0.4, -0.2) is 51.0 Å². The van der Waals surface area contributed by atoms with E-state index in [1.165, 1.54) is 0 Å². The fourth-order valence-corrected chi connectivity index (χ4v) is 3.35. The first-order valence-corrected chi connectivity index (χ1v) is 7.88. The minimum absolute atomic E-state index is 0.192. The maximum Gasteiger partial charge on any atom is 0.183 e. The highest BCUT2D eigenvalue weighted by atomic mass is 35.5. The molecule has 8 heteroatoms. The fraction of sp³-hybridized carbons (Fsp3) is 0.467. The van der Waals surface area contributed by atoms with E-state index in [0.717, 1.165) is 5.56 Å². The van der Waals surface area contributed by atoms with Gasteiger partial charge >= 0.3 is 0 Å². The van der Waals surface area contributed by atoms with Crippen molar-refractivity contribution >= 4 is 11.6 Å². The van der Waals surface area contributed by atoms with Crippen LogP contribution in [0.1, 0.15) is 11.6 Å². The molecule has 2 aromatic heterocycles. The van der Waals surface area contributed by atoms with Gasteiger partial charge in [-0.15, -0.1) is 0 Å². The van der Waals surface area contributed by atoms with E-state index < -0.39 is 12.4 Å². The Kier molecular flexibility index (Phi) is 4.04. The summed E-state index contributed by atoms with van der Waals surface area (Å²) in [6.07, 6.45) is 5.43. The summed E-state index contributed by atoms with van der Waals surface area (Å²) >= 11 is 6.13. The van der Waals surface area contributed by atoms with Crippen LogP contribution < -0.4 is 5.32 Å². The van der Waals surface area contributed by atoms with Gasteiger partial charge in [-0.3, -0.25) is 9.67 Å². The standard InChI is InChI=1S/C15H17ClN4O3/c16-10-7-17-4-2-9(10)6-18-12-11-8-22-15(23-11)13(14(12)21)20-5-1-3-19-20/h1-5,7,11-15,18,21H,6,8H2. The average molecular weight is 337 g/mol. The summed E-state index contributed by atoms with van der Waals surface area (Å²) in [5, 5.41) is 18.9. The van der Waals surface area contributed by atoms with Crippen molar-refractivity contribution in [2.75, 3.05) is 6.61 Å². The molecule has 0 radical (unpaired) electrons. The highest BCUT2D eigenvalue weighted by Gasteiger charge is 2.51. The Bertz CT molecular complexity index is 669. The third-order valence-corrected chi connectivity index (χ3v) is 4.69. The molecule has 0 aliphatic carbocycles. The Morgan fingerprint density at radius 3 is 3.13 bits per heavy atom. The van der Waals surface area contributed by atoms with E-state index in [1.807, 2.05) is 12.1 Å². The smallest absolute Gasteiger partial charge is 0.183 e. The summed E-state index contributed by atoms with van der Waals surface area (Å²) in [6, 6.07) is 3.01. The van der Waals surface area contributed by atoms with E-state index in [1.54, 1.807) is 29.5 Å². The van der Waals surface area contributed by atoms with Gasteiger partial charge in [0.1, 0.15) is 12.1 Å². The van der Waals surface area contributed by atoms with Gasteiger partial charge < -0.3 is 19.9 Å². The SMILES string of the molecule is OC1C(NCc2ccncc2Cl)C2COC(O2)C1n1cccn1. The van der Waals surface area contributed by atoms with Crippen LogP contribution in [0, 0.1) is 0 Å². The van der Waals surface area contributed by atoms with Gasteiger partial charge in [0.2, 0.25) is 0 Å². The molecule has 2 aliphatic rings. The normalized spacial score (nSPS) is 33.0. The summed E-state index contributed by atoms with van der Waals surface area (Å²) in [7, 11) is 0. The lowest BCUT2D eigenvalue weighted by Gasteiger charge is -2.38. The molecule has 2 aliphatic heterocycles. The number of hydrogen-bond donors (Lipinski definition) is 2. The van der Waals surface area contributed by atoms with Gasteiger partial charge in [0.05, 0.1) is 23.8 Å². The van der Waals surface area contributed by atoms with Crippen LogP contribution in [0.15, 0.2) is 36.9 Å². The van der Waals surface area contributed by atoms with Crippen LogP contribution in [-0.2, 0) is 16.0 Å². The van der Waals surface area contributed by atoms with Crippen molar-refractivity contribution in [3.63, 3.8) is 0 Å². The first-order chi connectivity index (χ1) is 11.2. The Hall–Kier alpha value is -1.51. The van der Waals surface area contributed by atoms with Gasteiger partial charge in [0.25, 0.3) is 0 Å². The summed E-state index contributed by atoms with van der Waals surface area (Å²) in [5.41, 5.74) is 0.922. The molecule has 7 nitrogen and oxygen atoms in total. The molecular formula is C15H17ClN4O3. The van der Waals surface area contributed by atoms with E-state index in [0.29, 0.717) is 18.2 Å². The Morgan fingerprint density at radius 2 is 2.35 bits per heavy atom. The van der Waals surface area contributed by atoms with Crippen molar-refractivity contribution < 1.29 is 14.6 Å². The van der Waals surface area contributed by atoms with Gasteiger partial charge in [-0.25, -0.2) is 0 Å². The number of aliphatic hydroxyl groups is 1. The fourth-order valence-electron chi connectivity index (χ4n) is 3.17. The van der Waals surface area contributed by atoms with Gasteiger partial charge in [0.15, 0.2) is 6.29 Å². The molecule has 23 heavy (non-hydrogen) atoms. The number of ether oxygens (including phenoxy) is 2. The minimum Gasteiger partial charge on any atom is -0.389 e. The first kappa shape index (κ1) is 15.0. The van der Waals surface area contributed by atoms with E-state index in [4.69, 9.17) is 21.1 Å². The van der Waals surface area contributed by atoms with E-state index in [9.17, 15) is 5.11 Å². The first-order valence-electron chi connectivity index (χ1n) is 7.50. The highest BCUT2D eigenvalue weighted by molar-refractivity contribution is 6.31. The van der Waals surface area contributed by atoms with Crippen LogP contribution in [0.25, 0.3) is 0 Å². The molecule has 5 atom stereocenters. The van der Waals surface area contributed by atoms with Crippen molar-refractivity contribution in [3.8, 4) is 0 Å². The lowest BCUT2D eigenvalue weighted by atomic mass is 9.96. The summed E-state index contributed by atoms with van der Waals surface area (Å²) in [6.45, 7) is 0.959. The maximum absolute atomic E-state index is 10.8. The van der Waals surface area contributed by atoms with Crippen molar-refractivity contribution in [3.05, 3.63) is 47.5 Å².